The number of benzene rings is 1. The van der Waals surface area contributed by atoms with Gasteiger partial charge in [-0.05, 0) is 81.7 Å². The molecule has 1 aromatic rings. The van der Waals surface area contributed by atoms with Gasteiger partial charge in [-0.3, -0.25) is 14.6 Å². The highest BCUT2D eigenvalue weighted by atomic mass is 32.2. The van der Waals surface area contributed by atoms with E-state index in [4.69, 9.17) is 4.99 Å². The second-order valence-electron chi connectivity index (χ2n) is 11.9. The Morgan fingerprint density at radius 1 is 1.05 bits per heavy atom. The van der Waals surface area contributed by atoms with E-state index in [0.29, 0.717) is 30.0 Å². The van der Waals surface area contributed by atoms with Gasteiger partial charge in [0.15, 0.2) is 0 Å². The van der Waals surface area contributed by atoms with Crippen LogP contribution in [-0.2, 0) is 19.6 Å². The van der Waals surface area contributed by atoms with Crippen LogP contribution in [0.1, 0.15) is 70.4 Å². The van der Waals surface area contributed by atoms with Gasteiger partial charge in [0.2, 0.25) is 10.0 Å². The van der Waals surface area contributed by atoms with E-state index < -0.39 is 27.1 Å². The maximum Gasteiger partial charge on any atom is 0.329 e. The number of urea groups is 1. The molecule has 10 nitrogen and oxygen atoms in total. The van der Waals surface area contributed by atoms with E-state index in [1.54, 1.807) is 39.0 Å². The fraction of sp³-hybridized carbons (Fsp3) is 0.571. The van der Waals surface area contributed by atoms with Crippen LogP contribution in [0.3, 0.4) is 0 Å². The quantitative estimate of drug-likeness (QED) is 0.539. The molecule has 1 spiro atoms. The second kappa shape index (κ2) is 9.85. The lowest BCUT2D eigenvalue weighted by Gasteiger charge is -2.34. The van der Waals surface area contributed by atoms with Gasteiger partial charge in [-0.2, -0.15) is 4.31 Å². The summed E-state index contributed by atoms with van der Waals surface area (Å²) in [6.45, 7) is 7.78. The van der Waals surface area contributed by atoms with E-state index >= 15 is 0 Å². The van der Waals surface area contributed by atoms with Gasteiger partial charge in [0.1, 0.15) is 16.9 Å². The summed E-state index contributed by atoms with van der Waals surface area (Å²) in [5.74, 6) is 1.33. The predicted molar refractivity (Wildman–Crippen MR) is 149 cm³/mol. The molecule has 5 rings (SSSR count). The molecule has 3 fully saturated rings. The largest absolute Gasteiger partial charge is 0.329 e. The van der Waals surface area contributed by atoms with Crippen LogP contribution in [0.4, 0.5) is 10.5 Å². The summed E-state index contributed by atoms with van der Waals surface area (Å²) in [6, 6.07) is 4.53. The number of carbonyl (C=O) groups is 3. The minimum absolute atomic E-state index is 0.104. The molecule has 4 aliphatic rings. The Morgan fingerprint density at radius 2 is 1.72 bits per heavy atom. The number of hydrogen-bond donors (Lipinski definition) is 2. The smallest absolute Gasteiger partial charge is 0.323 e. The molecule has 0 bridgehead atoms. The Kier molecular flexibility index (Phi) is 6.95. The lowest BCUT2D eigenvalue weighted by atomic mass is 9.82. The van der Waals surface area contributed by atoms with Gasteiger partial charge in [0.25, 0.3) is 11.8 Å². The number of hydrogen-bond acceptors (Lipinski definition) is 6. The molecule has 39 heavy (non-hydrogen) atoms. The molecule has 0 atom stereocenters. The average molecular weight is 556 g/mol. The first-order valence-electron chi connectivity index (χ1n) is 13.7. The van der Waals surface area contributed by atoms with E-state index in [2.05, 4.69) is 17.6 Å². The number of nitrogens with zero attached hydrogens (tertiary/aromatic N) is 3. The van der Waals surface area contributed by atoms with Crippen molar-refractivity contribution in [3.05, 3.63) is 34.7 Å². The third kappa shape index (κ3) is 5.14. The van der Waals surface area contributed by atoms with Crippen LogP contribution in [-0.4, -0.2) is 60.6 Å². The summed E-state index contributed by atoms with van der Waals surface area (Å²) in [7, 11) is -3.72. The first-order chi connectivity index (χ1) is 18.3. The van der Waals surface area contributed by atoms with Gasteiger partial charge in [-0.1, -0.05) is 25.8 Å². The fourth-order valence-electron chi connectivity index (χ4n) is 5.93. The highest BCUT2D eigenvalue weighted by Gasteiger charge is 2.48. The number of imide groups is 1. The van der Waals surface area contributed by atoms with Crippen molar-refractivity contribution in [1.82, 2.24) is 14.9 Å². The number of amides is 4. The van der Waals surface area contributed by atoms with Gasteiger partial charge in [0, 0.05) is 24.4 Å². The maximum absolute atomic E-state index is 13.1. The van der Waals surface area contributed by atoms with Gasteiger partial charge < -0.3 is 10.6 Å². The first kappa shape index (κ1) is 27.5. The van der Waals surface area contributed by atoms with Crippen molar-refractivity contribution in [3.63, 3.8) is 0 Å². The van der Waals surface area contributed by atoms with Crippen LogP contribution in [0.15, 0.2) is 28.6 Å². The number of aryl methyl sites for hydroxylation is 1. The van der Waals surface area contributed by atoms with Crippen molar-refractivity contribution >= 4 is 45.5 Å². The minimum atomic E-state index is -3.72. The van der Waals surface area contributed by atoms with E-state index in [1.165, 1.54) is 15.8 Å². The number of sulfonamides is 1. The lowest BCUT2D eigenvalue weighted by Crippen LogP contribution is -2.50. The SMILES string of the molecule is Cc1cc(N2C(=O)NC(C)(C)C2=O)ccc1/C=C/S(=O)(=O)N1CCC2(CC1)N=C(C1CCC(C)CC1)NC2=O. The molecular formula is C28H37N5O5S. The standard InChI is InChI=1S/C28H37N5O5S/c1-18-5-7-21(8-6-18)23-29-24(34)28(30-23)12-14-32(15-13-28)39(37,38)16-11-20-9-10-22(17-19(20)2)33-25(35)27(3,4)31-26(33)36/h9-11,16-18,21H,5-8,12-15H2,1-4H3,(H,31,36)(H,29,30,34)/b16-11+. The first-order valence-corrected chi connectivity index (χ1v) is 15.2. The van der Waals surface area contributed by atoms with Crippen LogP contribution in [0.2, 0.25) is 0 Å². The molecule has 0 radical (unpaired) electrons. The van der Waals surface area contributed by atoms with Crippen molar-refractivity contribution < 1.29 is 22.8 Å². The van der Waals surface area contributed by atoms with Gasteiger partial charge in [0.05, 0.1) is 5.69 Å². The van der Waals surface area contributed by atoms with E-state index in [1.807, 2.05) is 0 Å². The number of aliphatic imine (C=N–C) groups is 1. The third-order valence-electron chi connectivity index (χ3n) is 8.60. The third-order valence-corrected chi connectivity index (χ3v) is 10.2. The molecule has 1 aromatic carbocycles. The molecule has 210 valence electrons. The van der Waals surface area contributed by atoms with Gasteiger partial charge >= 0.3 is 6.03 Å². The van der Waals surface area contributed by atoms with Gasteiger partial charge in [-0.15, -0.1) is 0 Å². The zero-order valence-electron chi connectivity index (χ0n) is 23.0. The molecule has 2 N–H and O–H groups in total. The highest BCUT2D eigenvalue weighted by Crippen LogP contribution is 2.36. The fourth-order valence-corrected chi connectivity index (χ4v) is 7.11. The molecule has 1 aliphatic carbocycles. The van der Waals surface area contributed by atoms with Crippen molar-refractivity contribution in [1.29, 1.82) is 0 Å². The van der Waals surface area contributed by atoms with Crippen molar-refractivity contribution in [2.75, 3.05) is 18.0 Å². The summed E-state index contributed by atoms with van der Waals surface area (Å²) in [5.41, 5.74) is -0.0316. The van der Waals surface area contributed by atoms with Crippen LogP contribution >= 0.6 is 0 Å². The average Bonchev–Trinajstić information content (AvgIpc) is 3.29. The molecular weight excluding hydrogens is 518 g/mol. The Bertz CT molecular complexity index is 1370. The van der Waals surface area contributed by atoms with Crippen LogP contribution in [0.5, 0.6) is 0 Å². The molecule has 3 aliphatic heterocycles. The molecule has 4 amide bonds. The Balaban J connectivity index is 1.24. The maximum atomic E-state index is 13.1. The lowest BCUT2D eigenvalue weighted by molar-refractivity contribution is -0.125. The number of nitrogens with one attached hydrogen (secondary N) is 2. The number of carbonyl (C=O) groups excluding carboxylic acids is 3. The Labute approximate surface area is 230 Å². The molecule has 0 aromatic heterocycles. The van der Waals surface area contributed by atoms with E-state index in [0.717, 1.165) is 42.0 Å². The summed E-state index contributed by atoms with van der Waals surface area (Å²) in [4.78, 5) is 43.8. The van der Waals surface area contributed by atoms with E-state index in [9.17, 15) is 22.8 Å². The normalized spacial score (nSPS) is 27.2. The zero-order valence-corrected chi connectivity index (χ0v) is 23.8. The molecule has 1 saturated carbocycles. The highest BCUT2D eigenvalue weighted by molar-refractivity contribution is 7.92. The topological polar surface area (TPSA) is 128 Å². The van der Waals surface area contributed by atoms with Crippen LogP contribution in [0, 0.1) is 18.8 Å². The number of amidine groups is 1. The predicted octanol–water partition coefficient (Wildman–Crippen LogP) is 3.32. The summed E-state index contributed by atoms with van der Waals surface area (Å²) in [5, 5.41) is 6.85. The number of anilines is 1. The number of rotatable bonds is 5. The van der Waals surface area contributed by atoms with Gasteiger partial charge in [-0.25, -0.2) is 18.1 Å². The van der Waals surface area contributed by atoms with Crippen molar-refractivity contribution in [3.8, 4) is 0 Å². The van der Waals surface area contributed by atoms with Crippen molar-refractivity contribution in [2.45, 2.75) is 77.3 Å². The summed E-state index contributed by atoms with van der Waals surface area (Å²) in [6.07, 6.45) is 6.57. The van der Waals surface area contributed by atoms with E-state index in [-0.39, 0.29) is 30.8 Å². The zero-order chi connectivity index (χ0) is 28.2. The molecule has 0 unspecified atom stereocenters. The Hall–Kier alpha value is -3.05. The monoisotopic (exact) mass is 555 g/mol. The second-order valence-corrected chi connectivity index (χ2v) is 13.7. The molecule has 3 heterocycles. The number of piperidine rings is 1. The van der Waals surface area contributed by atoms with Crippen LogP contribution < -0.4 is 15.5 Å². The summed E-state index contributed by atoms with van der Waals surface area (Å²) >= 11 is 0. The van der Waals surface area contributed by atoms with Crippen LogP contribution in [0.25, 0.3) is 6.08 Å². The Morgan fingerprint density at radius 3 is 2.31 bits per heavy atom. The van der Waals surface area contributed by atoms with Crippen molar-refractivity contribution in [2.24, 2.45) is 16.8 Å². The minimum Gasteiger partial charge on any atom is -0.323 e. The molecule has 11 heteroatoms. The summed E-state index contributed by atoms with van der Waals surface area (Å²) < 4.78 is 27.7. The molecule has 2 saturated heterocycles.